The van der Waals surface area contributed by atoms with Gasteiger partial charge >= 0.3 is 12.1 Å². The first kappa shape index (κ1) is 20.8. The van der Waals surface area contributed by atoms with Gasteiger partial charge in [-0.2, -0.15) is 0 Å². The molecular formula is C22H25NO6. The summed E-state index contributed by atoms with van der Waals surface area (Å²) >= 11 is 0. The number of carboxylic acid groups (broad SMARTS) is 1. The van der Waals surface area contributed by atoms with Gasteiger partial charge in [0.25, 0.3) is 0 Å². The summed E-state index contributed by atoms with van der Waals surface area (Å²) in [6.07, 6.45) is -0.611. The van der Waals surface area contributed by atoms with Gasteiger partial charge < -0.3 is 24.6 Å². The minimum absolute atomic E-state index is 0.0752. The molecule has 2 aromatic rings. The van der Waals surface area contributed by atoms with Gasteiger partial charge in [-0.1, -0.05) is 48.5 Å². The molecule has 3 rings (SSSR count). The monoisotopic (exact) mass is 399 g/mol. The molecule has 7 heteroatoms. The van der Waals surface area contributed by atoms with Crippen LogP contribution in [-0.4, -0.2) is 56.7 Å². The lowest BCUT2D eigenvalue weighted by molar-refractivity contribution is -0.139. The van der Waals surface area contributed by atoms with Crippen molar-refractivity contribution in [2.45, 2.75) is 18.4 Å². The maximum absolute atomic E-state index is 12.2. The van der Waals surface area contributed by atoms with Crippen molar-refractivity contribution in [3.8, 4) is 11.1 Å². The van der Waals surface area contributed by atoms with Crippen molar-refractivity contribution in [3.05, 3.63) is 59.7 Å². The molecule has 0 saturated carbocycles. The normalized spacial score (nSPS) is 13.4. The van der Waals surface area contributed by atoms with Crippen molar-refractivity contribution in [3.63, 3.8) is 0 Å². The van der Waals surface area contributed by atoms with Crippen LogP contribution in [0.5, 0.6) is 0 Å². The number of methoxy groups -OCH3 is 1. The average molecular weight is 399 g/mol. The van der Waals surface area contributed by atoms with E-state index in [1.807, 2.05) is 36.4 Å². The highest BCUT2D eigenvalue weighted by atomic mass is 16.5. The largest absolute Gasteiger partial charge is 0.480 e. The number of nitrogens with one attached hydrogen (secondary N) is 1. The number of benzene rings is 2. The van der Waals surface area contributed by atoms with E-state index in [9.17, 15) is 14.7 Å². The van der Waals surface area contributed by atoms with Crippen molar-refractivity contribution in [1.82, 2.24) is 5.32 Å². The van der Waals surface area contributed by atoms with Gasteiger partial charge in [0.15, 0.2) is 0 Å². The molecule has 1 aliphatic rings. The summed E-state index contributed by atoms with van der Waals surface area (Å²) in [5, 5.41) is 11.7. The number of carbonyl (C=O) groups is 2. The van der Waals surface area contributed by atoms with Crippen LogP contribution >= 0.6 is 0 Å². The molecule has 2 N–H and O–H groups in total. The lowest BCUT2D eigenvalue weighted by atomic mass is 9.98. The topological polar surface area (TPSA) is 94.1 Å². The number of amides is 1. The quantitative estimate of drug-likeness (QED) is 0.597. The van der Waals surface area contributed by atoms with Crippen LogP contribution < -0.4 is 5.32 Å². The molecule has 7 nitrogen and oxygen atoms in total. The molecule has 1 aliphatic carbocycles. The summed E-state index contributed by atoms with van der Waals surface area (Å²) < 4.78 is 15.5. The lowest BCUT2D eigenvalue weighted by Crippen LogP contribution is -2.42. The average Bonchev–Trinajstić information content (AvgIpc) is 3.05. The number of fused-ring (bicyclic) bond motifs is 3. The van der Waals surface area contributed by atoms with Crippen LogP contribution in [0.25, 0.3) is 11.1 Å². The zero-order valence-corrected chi connectivity index (χ0v) is 16.3. The highest BCUT2D eigenvalue weighted by molar-refractivity contribution is 5.81. The van der Waals surface area contributed by atoms with Crippen LogP contribution in [0.1, 0.15) is 23.5 Å². The molecule has 0 aliphatic heterocycles. The van der Waals surface area contributed by atoms with Gasteiger partial charge in [0, 0.05) is 26.1 Å². The first-order valence-electron chi connectivity index (χ1n) is 9.52. The SMILES string of the molecule is COCCOCC[C@@H](NC(=O)OCC1c2ccccc2-c2ccccc21)C(=O)O. The van der Waals surface area contributed by atoms with E-state index < -0.39 is 18.1 Å². The van der Waals surface area contributed by atoms with Crippen LogP contribution in [0.15, 0.2) is 48.5 Å². The lowest BCUT2D eigenvalue weighted by Gasteiger charge is -2.17. The van der Waals surface area contributed by atoms with E-state index in [1.54, 1.807) is 7.11 Å². The van der Waals surface area contributed by atoms with Gasteiger partial charge in [0.2, 0.25) is 0 Å². The highest BCUT2D eigenvalue weighted by Crippen LogP contribution is 2.44. The second kappa shape index (κ2) is 10.0. The summed E-state index contributed by atoms with van der Waals surface area (Å²) in [4.78, 5) is 23.6. The van der Waals surface area contributed by atoms with Gasteiger partial charge in [0.05, 0.1) is 13.2 Å². The fourth-order valence-electron chi connectivity index (χ4n) is 3.49. The third-order valence-corrected chi connectivity index (χ3v) is 4.92. The van der Waals surface area contributed by atoms with E-state index in [1.165, 1.54) is 0 Å². The maximum Gasteiger partial charge on any atom is 0.407 e. The van der Waals surface area contributed by atoms with Gasteiger partial charge in [-0.3, -0.25) is 0 Å². The Hall–Kier alpha value is -2.90. The first-order valence-corrected chi connectivity index (χ1v) is 9.52. The number of alkyl carbamates (subject to hydrolysis) is 1. The molecule has 0 bridgehead atoms. The molecular weight excluding hydrogens is 374 g/mol. The number of aliphatic carboxylic acids is 1. The Labute approximate surface area is 169 Å². The Balaban J connectivity index is 1.56. The smallest absolute Gasteiger partial charge is 0.407 e. The summed E-state index contributed by atoms with van der Waals surface area (Å²) in [6, 6.07) is 15.0. The zero-order valence-electron chi connectivity index (χ0n) is 16.3. The van der Waals surface area contributed by atoms with E-state index in [0.717, 1.165) is 22.3 Å². The number of carboxylic acids is 1. The van der Waals surface area contributed by atoms with E-state index in [4.69, 9.17) is 14.2 Å². The molecule has 0 fully saturated rings. The molecule has 0 heterocycles. The van der Waals surface area contributed by atoms with Crippen LogP contribution in [0, 0.1) is 0 Å². The molecule has 0 spiro atoms. The van der Waals surface area contributed by atoms with Crippen LogP contribution in [0.3, 0.4) is 0 Å². The molecule has 1 amide bonds. The predicted octanol–water partition coefficient (Wildman–Crippen LogP) is 3.03. The second-order valence-corrected chi connectivity index (χ2v) is 6.75. The van der Waals surface area contributed by atoms with Crippen molar-refractivity contribution in [1.29, 1.82) is 0 Å². The molecule has 0 aromatic heterocycles. The maximum atomic E-state index is 12.2. The van der Waals surface area contributed by atoms with Crippen molar-refractivity contribution in [2.75, 3.05) is 33.5 Å². The Morgan fingerprint density at radius 1 is 1.00 bits per heavy atom. The summed E-state index contributed by atoms with van der Waals surface area (Å²) in [5.74, 6) is -1.21. The Morgan fingerprint density at radius 3 is 2.21 bits per heavy atom. The van der Waals surface area contributed by atoms with Gasteiger partial charge in [-0.05, 0) is 22.3 Å². The first-order chi connectivity index (χ1) is 14.1. The Morgan fingerprint density at radius 2 is 1.62 bits per heavy atom. The molecule has 154 valence electrons. The molecule has 0 radical (unpaired) electrons. The second-order valence-electron chi connectivity index (χ2n) is 6.75. The van der Waals surface area contributed by atoms with Gasteiger partial charge in [-0.25, -0.2) is 9.59 Å². The molecule has 0 saturated heterocycles. The Kier molecular flexibility index (Phi) is 7.21. The third-order valence-electron chi connectivity index (χ3n) is 4.92. The van der Waals surface area contributed by atoms with Crippen molar-refractivity contribution < 1.29 is 28.9 Å². The number of hydrogen-bond acceptors (Lipinski definition) is 5. The molecule has 0 unspecified atom stereocenters. The fourth-order valence-corrected chi connectivity index (χ4v) is 3.49. The predicted molar refractivity (Wildman–Crippen MR) is 107 cm³/mol. The summed E-state index contributed by atoms with van der Waals surface area (Å²) in [5.41, 5.74) is 4.47. The zero-order chi connectivity index (χ0) is 20.6. The van der Waals surface area contributed by atoms with Crippen LogP contribution in [-0.2, 0) is 19.0 Å². The van der Waals surface area contributed by atoms with E-state index in [0.29, 0.717) is 13.2 Å². The van der Waals surface area contributed by atoms with Crippen LogP contribution in [0.4, 0.5) is 4.79 Å². The summed E-state index contributed by atoms with van der Waals surface area (Å²) in [6.45, 7) is 1.13. The third kappa shape index (κ3) is 5.13. The molecule has 29 heavy (non-hydrogen) atoms. The van der Waals surface area contributed by atoms with E-state index in [2.05, 4.69) is 17.4 Å². The minimum Gasteiger partial charge on any atom is -0.480 e. The van der Waals surface area contributed by atoms with Gasteiger partial charge in [-0.15, -0.1) is 0 Å². The molecule has 2 aromatic carbocycles. The van der Waals surface area contributed by atoms with Gasteiger partial charge in [0.1, 0.15) is 12.6 Å². The highest BCUT2D eigenvalue weighted by Gasteiger charge is 2.29. The van der Waals surface area contributed by atoms with Crippen LogP contribution in [0.2, 0.25) is 0 Å². The Bertz CT molecular complexity index is 807. The summed E-state index contributed by atoms with van der Waals surface area (Å²) in [7, 11) is 1.56. The number of ether oxygens (including phenoxy) is 3. The van der Waals surface area contributed by atoms with Crippen molar-refractivity contribution >= 4 is 12.1 Å². The van der Waals surface area contributed by atoms with E-state index >= 15 is 0 Å². The number of hydrogen-bond donors (Lipinski definition) is 2. The number of rotatable bonds is 10. The minimum atomic E-state index is -1.13. The fraction of sp³-hybridized carbons (Fsp3) is 0.364. The van der Waals surface area contributed by atoms with E-state index in [-0.39, 0.29) is 25.6 Å². The standard InChI is InChI=1S/C22H25NO6/c1-27-12-13-28-11-10-20(21(24)25)23-22(26)29-14-19-17-8-4-2-6-15(17)16-7-3-5-9-18(16)19/h2-9,19-20H,10-14H2,1H3,(H,23,26)(H,24,25)/t20-/m1/s1. The van der Waals surface area contributed by atoms with Crippen molar-refractivity contribution in [2.24, 2.45) is 0 Å². The molecule has 1 atom stereocenters. The number of carbonyl (C=O) groups excluding carboxylic acids is 1.